The lowest BCUT2D eigenvalue weighted by Gasteiger charge is -2.23. The van der Waals surface area contributed by atoms with E-state index in [0.717, 1.165) is 0 Å². The van der Waals surface area contributed by atoms with Crippen LogP contribution in [-0.4, -0.2) is 27.4 Å². The molecule has 0 aromatic rings. The van der Waals surface area contributed by atoms with Crippen LogP contribution in [0.25, 0.3) is 0 Å². The first-order valence-corrected chi connectivity index (χ1v) is 7.59. The van der Waals surface area contributed by atoms with E-state index in [0.29, 0.717) is 0 Å². The van der Waals surface area contributed by atoms with Gasteiger partial charge in [-0.3, -0.25) is 9.36 Å². The summed E-state index contributed by atoms with van der Waals surface area (Å²) in [7, 11) is -4.46. The van der Waals surface area contributed by atoms with Crippen LogP contribution in [0.5, 0.6) is 0 Å². The van der Waals surface area contributed by atoms with Crippen molar-refractivity contribution < 1.29 is 19.1 Å². The van der Waals surface area contributed by atoms with E-state index in [1.54, 1.807) is 13.8 Å². The molecule has 0 rings (SSSR count). The maximum atomic E-state index is 11.9. The highest BCUT2D eigenvalue weighted by molar-refractivity contribution is 7.53. The van der Waals surface area contributed by atoms with E-state index < -0.39 is 25.2 Å². The maximum absolute atomic E-state index is 11.9. The molecule has 0 bridgehead atoms. The van der Waals surface area contributed by atoms with Crippen molar-refractivity contribution in [3.63, 3.8) is 0 Å². The van der Waals surface area contributed by atoms with Crippen molar-refractivity contribution in [2.24, 2.45) is 11.8 Å². The molecule has 0 aliphatic rings. The van der Waals surface area contributed by atoms with Gasteiger partial charge in [0.25, 0.3) is 0 Å². The Morgan fingerprint density at radius 2 is 1.83 bits per heavy atom. The second-order valence-corrected chi connectivity index (χ2v) is 6.93. The van der Waals surface area contributed by atoms with Crippen LogP contribution in [0.3, 0.4) is 0 Å². The van der Waals surface area contributed by atoms with E-state index in [1.807, 2.05) is 13.8 Å². The molecule has 0 spiro atoms. The molecule has 0 aromatic carbocycles. The van der Waals surface area contributed by atoms with Crippen molar-refractivity contribution in [1.82, 2.24) is 5.32 Å². The molecule has 0 aliphatic carbocycles. The van der Waals surface area contributed by atoms with Crippen molar-refractivity contribution in [3.8, 4) is 12.3 Å². The zero-order valence-electron chi connectivity index (χ0n) is 11.3. The largest absolute Gasteiger partial charge is 0.341 e. The van der Waals surface area contributed by atoms with Crippen LogP contribution in [0.4, 0.5) is 0 Å². The quantitative estimate of drug-likeness (QED) is 0.504. The number of terminal acetylenes is 1. The van der Waals surface area contributed by atoms with E-state index in [-0.39, 0.29) is 18.3 Å². The summed E-state index contributed by atoms with van der Waals surface area (Å²) in [6.07, 6.45) is 5.40. The van der Waals surface area contributed by atoms with Gasteiger partial charge in [0.05, 0.1) is 6.04 Å². The number of carbonyl (C=O) groups is 1. The zero-order valence-corrected chi connectivity index (χ0v) is 12.1. The summed E-state index contributed by atoms with van der Waals surface area (Å²) in [5.74, 6) is 1.76. The highest BCUT2D eigenvalue weighted by atomic mass is 31.2. The Balaban J connectivity index is 4.89. The first kappa shape index (κ1) is 17.2. The Morgan fingerprint density at radius 1 is 1.33 bits per heavy atom. The summed E-state index contributed by atoms with van der Waals surface area (Å²) in [6.45, 7) is 7.27. The highest BCUT2D eigenvalue weighted by Gasteiger charge is 2.36. The van der Waals surface area contributed by atoms with Crippen molar-refractivity contribution in [1.29, 1.82) is 0 Å². The Bertz CT molecular complexity index is 367. The summed E-state index contributed by atoms with van der Waals surface area (Å²) < 4.78 is 11.3. The highest BCUT2D eigenvalue weighted by Crippen LogP contribution is 2.44. The van der Waals surface area contributed by atoms with Gasteiger partial charge in [-0.25, -0.2) is 0 Å². The molecule has 18 heavy (non-hydrogen) atoms. The minimum Gasteiger partial charge on any atom is -0.341 e. The molecule has 0 radical (unpaired) electrons. The summed E-state index contributed by atoms with van der Waals surface area (Å²) in [5.41, 5.74) is -1.33. The van der Waals surface area contributed by atoms with Gasteiger partial charge >= 0.3 is 7.60 Å². The van der Waals surface area contributed by atoms with Crippen molar-refractivity contribution >= 4 is 13.5 Å². The molecule has 6 heteroatoms. The van der Waals surface area contributed by atoms with Gasteiger partial charge in [0.2, 0.25) is 5.91 Å². The molecule has 0 saturated heterocycles. The summed E-state index contributed by atoms with van der Waals surface area (Å²) in [4.78, 5) is 30.3. The van der Waals surface area contributed by atoms with E-state index >= 15 is 0 Å². The van der Waals surface area contributed by atoms with Crippen LogP contribution in [0, 0.1) is 24.2 Å². The van der Waals surface area contributed by atoms with E-state index in [1.165, 1.54) is 0 Å². The predicted molar refractivity (Wildman–Crippen MR) is 70.9 cm³/mol. The molecule has 3 N–H and O–H groups in total. The number of carbonyl (C=O) groups excluding carboxylic acids is 1. The Hall–Kier alpha value is -0.820. The molecule has 2 atom stereocenters. The number of hydrogen-bond acceptors (Lipinski definition) is 2. The molecule has 0 aliphatic heterocycles. The van der Waals surface area contributed by atoms with Crippen LogP contribution in [0.2, 0.25) is 0 Å². The molecule has 1 amide bonds. The molecule has 1 unspecified atom stereocenters. The van der Waals surface area contributed by atoms with Crippen LogP contribution in [-0.2, 0) is 9.36 Å². The third-order valence-electron chi connectivity index (χ3n) is 2.55. The van der Waals surface area contributed by atoms with Gasteiger partial charge in [-0.05, 0) is 18.3 Å². The van der Waals surface area contributed by atoms with Crippen LogP contribution in [0.1, 0.15) is 34.1 Å². The van der Waals surface area contributed by atoms with Crippen LogP contribution in [0.15, 0.2) is 0 Å². The lowest BCUT2D eigenvalue weighted by Crippen LogP contribution is -2.43. The number of rotatable bonds is 6. The van der Waals surface area contributed by atoms with Gasteiger partial charge in [-0.2, -0.15) is 0 Å². The van der Waals surface area contributed by atoms with Gasteiger partial charge in [-0.1, -0.05) is 33.6 Å². The zero-order chi connectivity index (χ0) is 14.5. The van der Waals surface area contributed by atoms with Gasteiger partial charge in [-0.15, -0.1) is 6.42 Å². The average molecular weight is 275 g/mol. The van der Waals surface area contributed by atoms with Gasteiger partial charge in [0, 0.05) is 0 Å². The molecule has 0 heterocycles. The minimum atomic E-state index is -4.46. The van der Waals surface area contributed by atoms with Crippen molar-refractivity contribution in [2.45, 2.75) is 45.8 Å². The number of nitrogens with one attached hydrogen (secondary N) is 1. The second-order valence-electron chi connectivity index (χ2n) is 5.13. The first-order valence-electron chi connectivity index (χ1n) is 5.91. The standard InChI is InChI=1S/C12H22NO4P/c1-6-10(9(4)5)13-12(14)11(7-8(2)3)18(15,16)17/h1,8-11H,7H2,2-5H3,(H,13,14)(H2,15,16,17)/t10-,11?/m1/s1. The molecule has 5 nitrogen and oxygen atoms in total. The molecule has 0 aromatic heterocycles. The van der Waals surface area contributed by atoms with Crippen LogP contribution >= 0.6 is 7.60 Å². The third kappa shape index (κ3) is 5.68. The predicted octanol–water partition coefficient (Wildman–Crippen LogP) is 1.35. The van der Waals surface area contributed by atoms with Crippen molar-refractivity contribution in [2.75, 3.05) is 0 Å². The fourth-order valence-electron chi connectivity index (χ4n) is 1.49. The Labute approximate surface area is 109 Å². The molecular formula is C12H22NO4P. The molecule has 0 saturated carbocycles. The summed E-state index contributed by atoms with van der Waals surface area (Å²) in [6, 6.07) is -0.515. The van der Waals surface area contributed by atoms with E-state index in [9.17, 15) is 19.1 Å². The lowest BCUT2D eigenvalue weighted by atomic mass is 10.0. The first-order chi connectivity index (χ1) is 8.09. The average Bonchev–Trinajstić information content (AvgIpc) is 2.19. The number of amides is 1. The summed E-state index contributed by atoms with van der Waals surface area (Å²) in [5, 5.41) is 2.51. The maximum Gasteiger partial charge on any atom is 0.337 e. The minimum absolute atomic E-state index is 0.00965. The van der Waals surface area contributed by atoms with E-state index in [4.69, 9.17) is 6.42 Å². The molecular weight excluding hydrogens is 253 g/mol. The van der Waals surface area contributed by atoms with E-state index in [2.05, 4.69) is 11.2 Å². The molecule has 0 fully saturated rings. The van der Waals surface area contributed by atoms with Crippen molar-refractivity contribution in [3.05, 3.63) is 0 Å². The SMILES string of the molecule is C#C[C@@H](NC(=O)C(CC(C)C)P(=O)(O)O)C(C)C. The Morgan fingerprint density at radius 3 is 2.11 bits per heavy atom. The smallest absolute Gasteiger partial charge is 0.337 e. The fraction of sp³-hybridized carbons (Fsp3) is 0.750. The Kier molecular flexibility index (Phi) is 6.62. The third-order valence-corrected chi connectivity index (χ3v) is 3.80. The molecule has 104 valence electrons. The topological polar surface area (TPSA) is 86.6 Å². The lowest BCUT2D eigenvalue weighted by molar-refractivity contribution is -0.121. The van der Waals surface area contributed by atoms with Gasteiger partial charge in [0.15, 0.2) is 0 Å². The van der Waals surface area contributed by atoms with Gasteiger partial charge in [0.1, 0.15) is 5.66 Å². The monoisotopic (exact) mass is 275 g/mol. The second kappa shape index (κ2) is 6.94. The number of hydrogen-bond donors (Lipinski definition) is 3. The normalized spacial score (nSPS) is 15.3. The summed E-state index contributed by atoms with van der Waals surface area (Å²) >= 11 is 0. The van der Waals surface area contributed by atoms with Crippen LogP contribution < -0.4 is 5.32 Å². The van der Waals surface area contributed by atoms with Gasteiger partial charge < -0.3 is 15.1 Å². The fourth-order valence-corrected chi connectivity index (χ4v) is 2.57.